The highest BCUT2D eigenvalue weighted by atomic mass is 16.2. The topological polar surface area (TPSA) is 143 Å². The van der Waals surface area contributed by atoms with Crippen LogP contribution in [0.15, 0.2) is 4.99 Å². The summed E-state index contributed by atoms with van der Waals surface area (Å²) < 4.78 is 0. The van der Waals surface area contributed by atoms with E-state index in [-0.39, 0.29) is 11.9 Å². The number of hydrogen-bond acceptors (Lipinski definition) is 4. The lowest BCUT2D eigenvalue weighted by molar-refractivity contribution is -0.122. The smallest absolute Gasteiger partial charge is 0.236 e. The van der Waals surface area contributed by atoms with Gasteiger partial charge < -0.3 is 27.9 Å². The molecular formula is C13H28N6O. The van der Waals surface area contributed by atoms with E-state index in [2.05, 4.69) is 10.3 Å². The predicted molar refractivity (Wildman–Crippen MR) is 82.8 cm³/mol. The Hall–Kier alpha value is -1.63. The predicted octanol–water partition coefficient (Wildman–Crippen LogP) is 0.0836. The number of rotatable bonds is 11. The fourth-order valence-electron chi connectivity index (χ4n) is 1.69. The Kier molecular flexibility index (Phi) is 10.3. The highest BCUT2D eigenvalue weighted by molar-refractivity contribution is 5.81. The largest absolute Gasteiger partial charge is 0.370 e. The minimum Gasteiger partial charge on any atom is -0.370 e. The molecule has 116 valence electrons. The number of hydrogen-bond donors (Lipinski definition) is 5. The number of carbonyl (C=O) groups excluding carboxylic acids is 1. The zero-order valence-corrected chi connectivity index (χ0v) is 12.3. The summed E-state index contributed by atoms with van der Waals surface area (Å²) in [5, 5.41) is 10.1. The highest BCUT2D eigenvalue weighted by Crippen LogP contribution is 2.00. The monoisotopic (exact) mass is 284 g/mol. The number of nitrogens with zero attached hydrogens (tertiary/aromatic N) is 1. The lowest BCUT2D eigenvalue weighted by atomic mass is 10.1. The van der Waals surface area contributed by atoms with E-state index < -0.39 is 6.04 Å². The van der Waals surface area contributed by atoms with Crippen LogP contribution in [0.3, 0.4) is 0 Å². The second-order valence-corrected chi connectivity index (χ2v) is 4.94. The van der Waals surface area contributed by atoms with E-state index in [1.807, 2.05) is 6.92 Å². The molecule has 20 heavy (non-hydrogen) atoms. The van der Waals surface area contributed by atoms with Crippen molar-refractivity contribution in [3.8, 4) is 0 Å². The van der Waals surface area contributed by atoms with Gasteiger partial charge in [-0.1, -0.05) is 6.42 Å². The van der Waals surface area contributed by atoms with Crippen molar-refractivity contribution in [3.63, 3.8) is 0 Å². The average molecular weight is 284 g/mol. The Morgan fingerprint density at radius 3 is 2.55 bits per heavy atom. The summed E-state index contributed by atoms with van der Waals surface area (Å²) in [5.74, 6) is -0.0684. The van der Waals surface area contributed by atoms with Crippen LogP contribution < -0.4 is 22.5 Å². The normalized spacial score (nSPS) is 11.7. The lowest BCUT2D eigenvalue weighted by Gasteiger charge is -2.11. The first kappa shape index (κ1) is 18.4. The first-order valence-electron chi connectivity index (χ1n) is 7.06. The third-order valence-corrected chi connectivity index (χ3v) is 2.83. The van der Waals surface area contributed by atoms with Crippen LogP contribution in [0.5, 0.6) is 0 Å². The average Bonchev–Trinajstić information content (AvgIpc) is 2.37. The van der Waals surface area contributed by atoms with E-state index in [1.54, 1.807) is 0 Å². The fourth-order valence-corrected chi connectivity index (χ4v) is 1.69. The maximum absolute atomic E-state index is 11.7. The zero-order chi connectivity index (χ0) is 15.4. The molecule has 0 aromatic carbocycles. The minimum absolute atomic E-state index is 0.0585. The number of nitrogens with one attached hydrogen (secondary N) is 2. The van der Waals surface area contributed by atoms with Crippen molar-refractivity contribution in [1.82, 2.24) is 5.32 Å². The molecule has 0 radical (unpaired) electrons. The van der Waals surface area contributed by atoms with Crippen LogP contribution in [-0.4, -0.2) is 36.7 Å². The molecule has 8 N–H and O–H groups in total. The molecule has 0 rings (SSSR count). The molecule has 0 aliphatic heterocycles. The summed E-state index contributed by atoms with van der Waals surface area (Å²) in [6.07, 6.45) is 5.00. The SMILES string of the molecule is CC(=N)CCCCCNC(=O)C(N)CCCN=C(N)N. The van der Waals surface area contributed by atoms with Gasteiger partial charge in [-0.3, -0.25) is 9.79 Å². The van der Waals surface area contributed by atoms with Gasteiger partial charge in [0.1, 0.15) is 0 Å². The van der Waals surface area contributed by atoms with Crippen molar-refractivity contribution in [2.24, 2.45) is 22.2 Å². The Bertz CT molecular complexity index is 325. The Balaban J connectivity index is 3.55. The van der Waals surface area contributed by atoms with E-state index >= 15 is 0 Å². The summed E-state index contributed by atoms with van der Waals surface area (Å²) in [4.78, 5) is 15.5. The summed E-state index contributed by atoms with van der Waals surface area (Å²) in [7, 11) is 0. The number of aliphatic imine (C=N–C) groups is 1. The Labute approximate surface area is 120 Å². The van der Waals surface area contributed by atoms with Crippen LogP contribution in [0.1, 0.15) is 45.4 Å². The van der Waals surface area contributed by atoms with Gasteiger partial charge in [0.15, 0.2) is 5.96 Å². The molecule has 1 amide bonds. The van der Waals surface area contributed by atoms with Crippen molar-refractivity contribution in [1.29, 1.82) is 5.41 Å². The number of amides is 1. The Morgan fingerprint density at radius 2 is 1.95 bits per heavy atom. The number of nitrogens with two attached hydrogens (primary N) is 3. The third-order valence-electron chi connectivity index (χ3n) is 2.83. The summed E-state index contributed by atoms with van der Waals surface area (Å²) in [6.45, 7) is 2.94. The first-order valence-corrected chi connectivity index (χ1v) is 7.06. The molecule has 1 unspecified atom stereocenters. The molecule has 0 aliphatic carbocycles. The van der Waals surface area contributed by atoms with Crippen LogP contribution >= 0.6 is 0 Å². The number of carbonyl (C=O) groups is 1. The standard InChI is InChI=1S/C13H28N6O/c1-10(14)6-3-2-4-8-18-12(20)11(15)7-5-9-19-13(16)17/h11,14H,2-9,15H2,1H3,(H,18,20)(H4,16,17,19). The molecule has 0 spiro atoms. The van der Waals surface area contributed by atoms with Crippen molar-refractivity contribution in [2.45, 2.75) is 51.5 Å². The fraction of sp³-hybridized carbons (Fsp3) is 0.769. The van der Waals surface area contributed by atoms with Gasteiger partial charge in [-0.05, 0) is 39.0 Å². The van der Waals surface area contributed by atoms with Gasteiger partial charge in [0.2, 0.25) is 5.91 Å². The molecule has 0 aromatic heterocycles. The van der Waals surface area contributed by atoms with Gasteiger partial charge in [0.05, 0.1) is 6.04 Å². The van der Waals surface area contributed by atoms with E-state index in [4.69, 9.17) is 22.6 Å². The maximum Gasteiger partial charge on any atom is 0.236 e. The molecule has 7 nitrogen and oxygen atoms in total. The van der Waals surface area contributed by atoms with Crippen LogP contribution in [0, 0.1) is 5.41 Å². The quantitative estimate of drug-likeness (QED) is 0.208. The molecule has 7 heteroatoms. The van der Waals surface area contributed by atoms with Crippen LogP contribution in [0.2, 0.25) is 0 Å². The molecule has 1 atom stereocenters. The van der Waals surface area contributed by atoms with Crippen molar-refractivity contribution in [2.75, 3.05) is 13.1 Å². The van der Waals surface area contributed by atoms with Gasteiger partial charge in [0.25, 0.3) is 0 Å². The maximum atomic E-state index is 11.7. The number of guanidine groups is 1. The van der Waals surface area contributed by atoms with Gasteiger partial charge >= 0.3 is 0 Å². The van der Waals surface area contributed by atoms with Crippen LogP contribution in [-0.2, 0) is 4.79 Å². The van der Waals surface area contributed by atoms with Gasteiger partial charge in [-0.2, -0.15) is 0 Å². The Morgan fingerprint density at radius 1 is 1.25 bits per heavy atom. The van der Waals surface area contributed by atoms with Gasteiger partial charge in [-0.25, -0.2) is 0 Å². The van der Waals surface area contributed by atoms with Crippen LogP contribution in [0.25, 0.3) is 0 Å². The van der Waals surface area contributed by atoms with Gasteiger partial charge in [0, 0.05) is 18.8 Å². The molecule has 0 saturated carbocycles. The van der Waals surface area contributed by atoms with E-state index in [0.717, 1.165) is 25.7 Å². The van der Waals surface area contributed by atoms with Crippen molar-refractivity contribution >= 4 is 17.6 Å². The second kappa shape index (κ2) is 11.2. The molecular weight excluding hydrogens is 256 g/mol. The first-order chi connectivity index (χ1) is 9.43. The van der Waals surface area contributed by atoms with Gasteiger partial charge in [-0.15, -0.1) is 0 Å². The summed E-state index contributed by atoms with van der Waals surface area (Å²) in [6, 6.07) is -0.506. The second-order valence-electron chi connectivity index (χ2n) is 4.94. The molecule has 0 heterocycles. The highest BCUT2D eigenvalue weighted by Gasteiger charge is 2.11. The zero-order valence-electron chi connectivity index (χ0n) is 12.3. The van der Waals surface area contributed by atoms with Crippen molar-refractivity contribution in [3.05, 3.63) is 0 Å². The lowest BCUT2D eigenvalue weighted by Crippen LogP contribution is -2.41. The molecule has 0 saturated heterocycles. The van der Waals surface area contributed by atoms with Crippen molar-refractivity contribution < 1.29 is 4.79 Å². The third kappa shape index (κ3) is 11.5. The number of unbranched alkanes of at least 4 members (excludes halogenated alkanes) is 2. The molecule has 0 bridgehead atoms. The molecule has 0 aromatic rings. The molecule has 0 fully saturated rings. The summed E-state index contributed by atoms with van der Waals surface area (Å²) >= 11 is 0. The summed E-state index contributed by atoms with van der Waals surface area (Å²) in [5.41, 5.74) is 16.9. The molecule has 0 aliphatic rings. The van der Waals surface area contributed by atoms with E-state index in [1.165, 1.54) is 0 Å². The minimum atomic E-state index is -0.506. The van der Waals surface area contributed by atoms with Crippen LogP contribution in [0.4, 0.5) is 0 Å². The van der Waals surface area contributed by atoms with E-state index in [0.29, 0.717) is 31.6 Å². The van der Waals surface area contributed by atoms with E-state index in [9.17, 15) is 4.79 Å².